The van der Waals surface area contributed by atoms with Gasteiger partial charge in [-0.1, -0.05) is 5.57 Å². The number of carbonyl (C=O) groups is 1. The number of halogens is 2. The lowest BCUT2D eigenvalue weighted by molar-refractivity contribution is 0.0794. The Hall–Kier alpha value is -3.24. The van der Waals surface area contributed by atoms with E-state index in [-0.39, 0.29) is 30.1 Å². The van der Waals surface area contributed by atoms with E-state index in [1.165, 1.54) is 24.3 Å². The summed E-state index contributed by atoms with van der Waals surface area (Å²) in [7, 11) is -3.51. The molecule has 2 aromatic heterocycles. The van der Waals surface area contributed by atoms with Gasteiger partial charge in [-0.15, -0.1) is 0 Å². The van der Waals surface area contributed by atoms with Crippen molar-refractivity contribution in [2.24, 2.45) is 5.41 Å². The van der Waals surface area contributed by atoms with Gasteiger partial charge in [-0.05, 0) is 86.6 Å². The minimum atomic E-state index is -3.51. The lowest BCUT2D eigenvalue weighted by Gasteiger charge is -2.44. The number of nitrogens with zero attached hydrogens (tertiary/aromatic N) is 3. The Morgan fingerprint density at radius 2 is 1.71 bits per heavy atom. The molecule has 6 rings (SSSR count). The van der Waals surface area contributed by atoms with Crippen molar-refractivity contribution in [2.45, 2.75) is 49.0 Å². The summed E-state index contributed by atoms with van der Waals surface area (Å²) < 4.78 is 61.7. The minimum Gasteiger partial charge on any atom is -0.381 e. The molecule has 1 aliphatic heterocycles. The summed E-state index contributed by atoms with van der Waals surface area (Å²) in [6, 6.07) is 8.54. The highest BCUT2D eigenvalue weighted by molar-refractivity contribution is 7.92. The monoisotopic (exact) mass is 539 g/mol. The van der Waals surface area contributed by atoms with Crippen LogP contribution in [0.1, 0.15) is 53.8 Å². The van der Waals surface area contributed by atoms with Crippen LogP contribution in [-0.2, 0) is 21.0 Å². The average Bonchev–Trinajstić information content (AvgIpc) is 3.34. The average molecular weight is 540 g/mol. The van der Waals surface area contributed by atoms with Gasteiger partial charge in [0.25, 0.3) is 0 Å². The zero-order chi connectivity index (χ0) is 26.5. The van der Waals surface area contributed by atoms with E-state index in [9.17, 15) is 22.0 Å². The number of pyridine rings is 1. The number of ether oxygens (including phenoxy) is 1. The molecule has 7 nitrogen and oxygen atoms in total. The van der Waals surface area contributed by atoms with Crippen molar-refractivity contribution < 1.29 is 26.7 Å². The van der Waals surface area contributed by atoms with Crippen molar-refractivity contribution in [3.8, 4) is 5.69 Å². The van der Waals surface area contributed by atoms with Gasteiger partial charge >= 0.3 is 0 Å². The van der Waals surface area contributed by atoms with E-state index < -0.39 is 31.6 Å². The van der Waals surface area contributed by atoms with Crippen LogP contribution in [0.5, 0.6) is 0 Å². The third kappa shape index (κ3) is 4.19. The van der Waals surface area contributed by atoms with Gasteiger partial charge in [0.05, 0.1) is 39.7 Å². The molecule has 0 N–H and O–H groups in total. The van der Waals surface area contributed by atoms with Crippen LogP contribution in [0.15, 0.2) is 54.4 Å². The second-order valence-corrected chi connectivity index (χ2v) is 12.8. The number of carbonyl (C=O) groups excluding carboxylic acids is 1. The van der Waals surface area contributed by atoms with Crippen molar-refractivity contribution in [3.63, 3.8) is 0 Å². The highest BCUT2D eigenvalue weighted by atomic mass is 32.2. The third-order valence-corrected chi connectivity index (χ3v) is 10.9. The van der Waals surface area contributed by atoms with Gasteiger partial charge in [0.2, 0.25) is 0 Å². The number of allylic oxidation sites excluding steroid dienone is 1. The van der Waals surface area contributed by atoms with Gasteiger partial charge in [-0.25, -0.2) is 21.9 Å². The second kappa shape index (κ2) is 9.50. The summed E-state index contributed by atoms with van der Waals surface area (Å²) in [5.41, 5.74) is 2.05. The fraction of sp³-hybridized carbons (Fsp3) is 0.393. The summed E-state index contributed by atoms with van der Waals surface area (Å²) in [5.74, 6) is -1.21. The molecule has 0 bridgehead atoms. The van der Waals surface area contributed by atoms with Crippen LogP contribution in [0.4, 0.5) is 8.78 Å². The predicted octanol–water partition coefficient (Wildman–Crippen LogP) is 4.50. The van der Waals surface area contributed by atoms with Crippen molar-refractivity contribution in [2.75, 3.05) is 13.2 Å². The molecule has 1 aromatic carbocycles. The molecule has 3 aliphatic rings. The fourth-order valence-corrected chi connectivity index (χ4v) is 8.52. The van der Waals surface area contributed by atoms with Crippen LogP contribution in [0.3, 0.4) is 0 Å². The first-order valence-corrected chi connectivity index (χ1v) is 14.4. The standard InChI is InChI=1S/C28H27F2N3O4S/c29-20-2-5-22(6-3-20)33-26-13-19-1-7-24(38(35,36)23-9-11-37-12-10-23)15-28(19,14-18(26)16-32-33)27(34)25-8-4-21(30)17-31-25/h2-6,8,13,16-17,23-24H,1,7,9-12,14-15H2/t24-,28-/m0/s1. The minimum absolute atomic E-state index is 0.107. The number of fused-ring (bicyclic) bond motifs is 2. The van der Waals surface area contributed by atoms with Crippen LogP contribution >= 0.6 is 0 Å². The number of hydrogen-bond acceptors (Lipinski definition) is 6. The van der Waals surface area contributed by atoms with Gasteiger partial charge in [0.1, 0.15) is 17.3 Å². The van der Waals surface area contributed by atoms with Crippen molar-refractivity contribution in [3.05, 3.63) is 83.0 Å². The SMILES string of the molecule is O=C(c1ccc(F)cn1)[C@]12Cc3cnn(-c4ccc(F)cc4)c3C=C1CC[C@H](S(=O)(=O)C1CCOCC1)C2. The van der Waals surface area contributed by atoms with Crippen LogP contribution in [-0.4, -0.2) is 52.7 Å². The summed E-state index contributed by atoms with van der Waals surface area (Å²) in [4.78, 5) is 18.2. The normalized spacial score (nSPS) is 23.8. The number of ketones is 1. The zero-order valence-corrected chi connectivity index (χ0v) is 21.5. The maximum atomic E-state index is 14.1. The zero-order valence-electron chi connectivity index (χ0n) is 20.6. The molecule has 2 aliphatic carbocycles. The van der Waals surface area contributed by atoms with Gasteiger partial charge in [-0.3, -0.25) is 9.78 Å². The Morgan fingerprint density at radius 3 is 2.42 bits per heavy atom. The van der Waals surface area contributed by atoms with Crippen LogP contribution < -0.4 is 0 Å². The molecule has 3 heterocycles. The Bertz CT molecular complexity index is 1510. The molecule has 198 valence electrons. The van der Waals surface area contributed by atoms with Crippen LogP contribution in [0, 0.1) is 17.0 Å². The molecule has 38 heavy (non-hydrogen) atoms. The molecule has 1 saturated carbocycles. The molecule has 0 radical (unpaired) electrons. The molecular weight excluding hydrogens is 512 g/mol. The van der Waals surface area contributed by atoms with E-state index in [2.05, 4.69) is 10.1 Å². The van der Waals surface area contributed by atoms with Crippen molar-refractivity contribution >= 4 is 21.7 Å². The first-order chi connectivity index (χ1) is 18.3. The maximum Gasteiger partial charge on any atom is 0.191 e. The molecule has 2 fully saturated rings. The van der Waals surface area contributed by atoms with E-state index in [0.717, 1.165) is 23.0 Å². The summed E-state index contributed by atoms with van der Waals surface area (Å²) in [5, 5.41) is 3.35. The third-order valence-electron chi connectivity index (χ3n) is 8.18. The number of sulfone groups is 1. The second-order valence-electron chi connectivity index (χ2n) is 10.3. The number of hydrogen-bond donors (Lipinski definition) is 0. The van der Waals surface area contributed by atoms with E-state index >= 15 is 0 Å². The maximum absolute atomic E-state index is 14.1. The quantitative estimate of drug-likeness (QED) is 0.444. The summed E-state index contributed by atoms with van der Waals surface area (Å²) in [6.07, 6.45) is 6.75. The van der Waals surface area contributed by atoms with Crippen molar-refractivity contribution in [1.82, 2.24) is 14.8 Å². The van der Waals surface area contributed by atoms with Gasteiger partial charge < -0.3 is 4.74 Å². The van der Waals surface area contributed by atoms with Gasteiger partial charge in [0, 0.05) is 13.2 Å². The Labute approximate surface area is 219 Å². The molecule has 10 heteroatoms. The van der Waals surface area contributed by atoms with E-state index in [4.69, 9.17) is 4.74 Å². The van der Waals surface area contributed by atoms with Gasteiger partial charge in [0.15, 0.2) is 15.6 Å². The van der Waals surface area contributed by atoms with Crippen molar-refractivity contribution in [1.29, 1.82) is 0 Å². The number of benzene rings is 1. The molecular formula is C28H27F2N3O4S. The first-order valence-electron chi connectivity index (χ1n) is 12.8. The largest absolute Gasteiger partial charge is 0.381 e. The lowest BCUT2D eigenvalue weighted by atomic mass is 9.61. The number of rotatable bonds is 5. The van der Waals surface area contributed by atoms with E-state index in [1.807, 2.05) is 6.08 Å². The Kier molecular flexibility index (Phi) is 6.26. The Balaban J connectivity index is 1.42. The highest BCUT2D eigenvalue weighted by Crippen LogP contribution is 2.51. The molecule has 0 unspecified atom stereocenters. The first kappa shape index (κ1) is 25.1. The fourth-order valence-electron chi connectivity index (χ4n) is 6.16. The summed E-state index contributed by atoms with van der Waals surface area (Å²) in [6.45, 7) is 0.828. The molecule has 3 aromatic rings. The molecule has 0 amide bonds. The molecule has 2 atom stereocenters. The summed E-state index contributed by atoms with van der Waals surface area (Å²) >= 11 is 0. The van der Waals surface area contributed by atoms with E-state index in [0.29, 0.717) is 44.6 Å². The van der Waals surface area contributed by atoms with Gasteiger partial charge in [-0.2, -0.15) is 5.10 Å². The number of Topliss-reactive ketones (excluding diaryl/α,β-unsaturated/α-hetero) is 1. The van der Waals surface area contributed by atoms with E-state index in [1.54, 1.807) is 23.0 Å². The predicted molar refractivity (Wildman–Crippen MR) is 137 cm³/mol. The van der Waals surface area contributed by atoms with Crippen LogP contribution in [0.25, 0.3) is 11.8 Å². The topological polar surface area (TPSA) is 91.1 Å². The highest BCUT2D eigenvalue weighted by Gasteiger charge is 2.52. The Morgan fingerprint density at radius 1 is 0.974 bits per heavy atom. The smallest absolute Gasteiger partial charge is 0.191 e. The molecule has 0 spiro atoms. The molecule has 1 saturated heterocycles. The lowest BCUT2D eigenvalue weighted by Crippen LogP contribution is -2.48. The van der Waals surface area contributed by atoms with Crippen LogP contribution in [0.2, 0.25) is 0 Å². The number of aromatic nitrogens is 3.